The zero-order valence-electron chi connectivity index (χ0n) is 8.98. The van der Waals surface area contributed by atoms with Crippen LogP contribution in [0, 0.1) is 20.8 Å². The van der Waals surface area contributed by atoms with Crippen molar-refractivity contribution >= 4 is 34.9 Å². The maximum atomic E-state index is 5.88. The maximum absolute atomic E-state index is 5.88. The Morgan fingerprint density at radius 3 is 2.50 bits per heavy atom. The van der Waals surface area contributed by atoms with Crippen molar-refractivity contribution in [1.82, 2.24) is 19.6 Å². The highest BCUT2D eigenvalue weighted by atomic mass is 35.5. The van der Waals surface area contributed by atoms with Gasteiger partial charge in [-0.3, -0.25) is 0 Å². The summed E-state index contributed by atoms with van der Waals surface area (Å²) in [5, 5.41) is 9.24. The van der Waals surface area contributed by atoms with Crippen LogP contribution in [0.4, 0.5) is 0 Å². The first-order chi connectivity index (χ1) is 7.58. The first-order valence-electron chi connectivity index (χ1n) is 4.55. The molecule has 0 atom stereocenters. The standard InChI is InChI=1S/C9H9ClN4S2/c1-4-5(2)8(13-12-7(4)10)15-9-11-6(3)14-16-9/h1-3H3. The molecule has 2 aromatic rings. The van der Waals surface area contributed by atoms with E-state index in [0.29, 0.717) is 5.15 Å². The first kappa shape index (κ1) is 11.8. The second kappa shape index (κ2) is 4.65. The van der Waals surface area contributed by atoms with Gasteiger partial charge in [0, 0.05) is 0 Å². The molecule has 84 valence electrons. The smallest absolute Gasteiger partial charge is 0.176 e. The minimum absolute atomic E-state index is 0.454. The van der Waals surface area contributed by atoms with Gasteiger partial charge in [0.25, 0.3) is 0 Å². The predicted octanol–water partition coefficient (Wildman–Crippen LogP) is 3.06. The lowest BCUT2D eigenvalue weighted by Crippen LogP contribution is -1.94. The quantitative estimate of drug-likeness (QED) is 0.841. The third-order valence-electron chi connectivity index (χ3n) is 2.11. The highest BCUT2D eigenvalue weighted by Gasteiger charge is 2.11. The lowest BCUT2D eigenvalue weighted by molar-refractivity contribution is 0.890. The number of rotatable bonds is 2. The Balaban J connectivity index is 2.32. The lowest BCUT2D eigenvalue weighted by atomic mass is 10.2. The fraction of sp³-hybridized carbons (Fsp3) is 0.333. The van der Waals surface area contributed by atoms with E-state index < -0.39 is 0 Å². The summed E-state index contributed by atoms with van der Waals surface area (Å²) in [6, 6.07) is 0. The highest BCUT2D eigenvalue weighted by molar-refractivity contribution is 8.00. The average Bonchev–Trinajstić information content (AvgIpc) is 2.65. The molecular formula is C9H9ClN4S2. The maximum Gasteiger partial charge on any atom is 0.176 e. The molecule has 16 heavy (non-hydrogen) atoms. The Kier molecular flexibility index (Phi) is 3.41. The van der Waals surface area contributed by atoms with Crippen molar-refractivity contribution in [2.75, 3.05) is 0 Å². The minimum Gasteiger partial charge on any atom is -0.213 e. The van der Waals surface area contributed by atoms with E-state index in [2.05, 4.69) is 19.6 Å². The van der Waals surface area contributed by atoms with Crippen LogP contribution in [0.25, 0.3) is 0 Å². The van der Waals surface area contributed by atoms with Crippen molar-refractivity contribution in [2.45, 2.75) is 30.1 Å². The largest absolute Gasteiger partial charge is 0.213 e. The summed E-state index contributed by atoms with van der Waals surface area (Å²) in [5.41, 5.74) is 2.00. The van der Waals surface area contributed by atoms with E-state index in [-0.39, 0.29) is 0 Å². The van der Waals surface area contributed by atoms with Crippen LogP contribution in [0.3, 0.4) is 0 Å². The molecular weight excluding hydrogens is 264 g/mol. The molecule has 0 amide bonds. The van der Waals surface area contributed by atoms with Crippen LogP contribution in [0.1, 0.15) is 17.0 Å². The number of halogens is 1. The third-order valence-corrected chi connectivity index (χ3v) is 4.40. The predicted molar refractivity (Wildman–Crippen MR) is 65.3 cm³/mol. The zero-order valence-corrected chi connectivity index (χ0v) is 11.4. The van der Waals surface area contributed by atoms with Crippen molar-refractivity contribution in [2.24, 2.45) is 0 Å². The van der Waals surface area contributed by atoms with Crippen LogP contribution >= 0.6 is 34.9 Å². The van der Waals surface area contributed by atoms with Crippen molar-refractivity contribution < 1.29 is 0 Å². The normalized spacial score (nSPS) is 10.8. The number of aromatic nitrogens is 4. The van der Waals surface area contributed by atoms with E-state index in [9.17, 15) is 0 Å². The summed E-state index contributed by atoms with van der Waals surface area (Å²) in [7, 11) is 0. The molecule has 0 saturated heterocycles. The van der Waals surface area contributed by atoms with Crippen LogP contribution in [0.5, 0.6) is 0 Å². The molecule has 0 spiro atoms. The summed E-state index contributed by atoms with van der Waals surface area (Å²) in [4.78, 5) is 4.27. The average molecular weight is 273 g/mol. The van der Waals surface area contributed by atoms with Gasteiger partial charge in [0.1, 0.15) is 10.9 Å². The second-order valence-corrected chi connectivity index (χ2v) is 5.60. The fourth-order valence-corrected chi connectivity index (χ4v) is 2.89. The summed E-state index contributed by atoms with van der Waals surface area (Å²) < 4.78 is 4.99. The fourth-order valence-electron chi connectivity index (χ4n) is 1.05. The molecule has 2 heterocycles. The molecule has 2 aromatic heterocycles. The van der Waals surface area contributed by atoms with Crippen molar-refractivity contribution in [3.63, 3.8) is 0 Å². The van der Waals surface area contributed by atoms with Gasteiger partial charge in [-0.05, 0) is 55.2 Å². The van der Waals surface area contributed by atoms with Gasteiger partial charge in [-0.25, -0.2) is 4.98 Å². The Hall–Kier alpha value is -0.720. The van der Waals surface area contributed by atoms with Crippen molar-refractivity contribution in [1.29, 1.82) is 0 Å². The lowest BCUT2D eigenvalue weighted by Gasteiger charge is -2.04. The van der Waals surface area contributed by atoms with Gasteiger partial charge in [0.15, 0.2) is 9.49 Å². The molecule has 0 fully saturated rings. The Bertz CT molecular complexity index is 526. The topological polar surface area (TPSA) is 51.6 Å². The summed E-state index contributed by atoms with van der Waals surface area (Å²) in [5.74, 6) is 0.781. The Labute approximate surface area is 107 Å². The van der Waals surface area contributed by atoms with Gasteiger partial charge in [0.2, 0.25) is 0 Å². The molecule has 0 aliphatic heterocycles. The molecule has 0 saturated carbocycles. The SMILES string of the molecule is Cc1nsc(Sc2nnc(Cl)c(C)c2C)n1. The second-order valence-electron chi connectivity index (χ2n) is 3.26. The van der Waals surface area contributed by atoms with Crippen LogP contribution in [-0.4, -0.2) is 19.6 Å². The van der Waals surface area contributed by atoms with Crippen LogP contribution in [-0.2, 0) is 0 Å². The van der Waals surface area contributed by atoms with Gasteiger partial charge >= 0.3 is 0 Å². The number of hydrogen-bond acceptors (Lipinski definition) is 6. The number of aryl methyl sites for hydroxylation is 1. The van der Waals surface area contributed by atoms with Crippen molar-refractivity contribution in [3.8, 4) is 0 Å². The summed E-state index contributed by atoms with van der Waals surface area (Å²) in [6.45, 7) is 5.78. The molecule has 0 bridgehead atoms. The summed E-state index contributed by atoms with van der Waals surface area (Å²) >= 11 is 8.72. The minimum atomic E-state index is 0.454. The molecule has 0 aliphatic carbocycles. The molecule has 0 aliphatic rings. The number of hydrogen-bond donors (Lipinski definition) is 0. The van der Waals surface area contributed by atoms with E-state index >= 15 is 0 Å². The highest BCUT2D eigenvalue weighted by Crippen LogP contribution is 2.31. The van der Waals surface area contributed by atoms with E-state index in [0.717, 1.165) is 26.3 Å². The van der Waals surface area contributed by atoms with E-state index in [1.807, 2.05) is 20.8 Å². The van der Waals surface area contributed by atoms with Gasteiger partial charge in [-0.1, -0.05) is 11.6 Å². The van der Waals surface area contributed by atoms with E-state index in [1.54, 1.807) is 0 Å². The van der Waals surface area contributed by atoms with Gasteiger partial charge in [-0.15, -0.1) is 10.2 Å². The monoisotopic (exact) mass is 272 g/mol. The summed E-state index contributed by atoms with van der Waals surface area (Å²) in [6.07, 6.45) is 0. The van der Waals surface area contributed by atoms with Crippen LogP contribution in [0.2, 0.25) is 5.15 Å². The molecule has 0 N–H and O–H groups in total. The number of nitrogens with zero attached hydrogens (tertiary/aromatic N) is 4. The van der Waals surface area contributed by atoms with E-state index in [4.69, 9.17) is 11.6 Å². The van der Waals surface area contributed by atoms with E-state index in [1.165, 1.54) is 23.3 Å². The molecule has 7 heteroatoms. The van der Waals surface area contributed by atoms with Crippen molar-refractivity contribution in [3.05, 3.63) is 22.1 Å². The molecule has 4 nitrogen and oxygen atoms in total. The van der Waals surface area contributed by atoms with Crippen LogP contribution < -0.4 is 0 Å². The molecule has 0 unspecified atom stereocenters. The Morgan fingerprint density at radius 2 is 1.88 bits per heavy atom. The molecule has 0 radical (unpaired) electrons. The zero-order chi connectivity index (χ0) is 11.7. The van der Waals surface area contributed by atoms with Crippen LogP contribution in [0.15, 0.2) is 9.37 Å². The van der Waals surface area contributed by atoms with Gasteiger partial charge < -0.3 is 0 Å². The molecule has 2 rings (SSSR count). The first-order valence-corrected chi connectivity index (χ1v) is 6.52. The van der Waals surface area contributed by atoms with Gasteiger partial charge in [-0.2, -0.15) is 4.37 Å². The Morgan fingerprint density at radius 1 is 1.12 bits per heavy atom. The molecule has 0 aromatic carbocycles. The third kappa shape index (κ3) is 2.34. The van der Waals surface area contributed by atoms with Gasteiger partial charge in [0.05, 0.1) is 0 Å².